The van der Waals surface area contributed by atoms with Crippen LogP contribution in [-0.2, 0) is 20.9 Å². The number of halogens is 1. The molecule has 1 amide bonds. The van der Waals surface area contributed by atoms with Crippen LogP contribution in [-0.4, -0.2) is 33.6 Å². The second kappa shape index (κ2) is 8.86. The lowest BCUT2D eigenvalue weighted by Gasteiger charge is -2.35. The minimum absolute atomic E-state index is 0.0856. The second-order valence-corrected chi connectivity index (χ2v) is 7.98. The summed E-state index contributed by atoms with van der Waals surface area (Å²) >= 11 is 3.36. The first-order chi connectivity index (χ1) is 13.4. The summed E-state index contributed by atoms with van der Waals surface area (Å²) in [6, 6.07) is 5.31. The SMILES string of the molecule is CCOC(=O)C1(NC(=O)CCn2cnc3ccc(Br)cc3c2=O)CCCCC1. The van der Waals surface area contributed by atoms with Crippen LogP contribution in [0.25, 0.3) is 10.9 Å². The Labute approximate surface area is 171 Å². The third-order valence-corrected chi connectivity index (χ3v) is 5.61. The van der Waals surface area contributed by atoms with Crippen LogP contribution in [0, 0.1) is 0 Å². The van der Waals surface area contributed by atoms with Crippen LogP contribution < -0.4 is 10.9 Å². The molecular formula is C20H24BrN3O4. The van der Waals surface area contributed by atoms with Gasteiger partial charge in [0.05, 0.1) is 23.8 Å². The molecule has 1 N–H and O–H groups in total. The third kappa shape index (κ3) is 4.43. The number of nitrogens with one attached hydrogen (secondary N) is 1. The standard InChI is InChI=1S/C20H24BrN3O4/c1-2-28-19(27)20(9-4-3-5-10-20)23-17(25)8-11-24-13-22-16-7-6-14(21)12-15(16)18(24)26/h6-7,12-13H,2-5,8-11H2,1H3,(H,23,25). The Morgan fingerprint density at radius 3 is 2.75 bits per heavy atom. The molecule has 28 heavy (non-hydrogen) atoms. The van der Waals surface area contributed by atoms with Gasteiger partial charge in [0.1, 0.15) is 5.54 Å². The summed E-state index contributed by atoms with van der Waals surface area (Å²) < 4.78 is 7.42. The van der Waals surface area contributed by atoms with E-state index in [1.165, 1.54) is 10.9 Å². The molecule has 0 bridgehead atoms. The normalized spacial score (nSPS) is 15.9. The van der Waals surface area contributed by atoms with Crippen molar-refractivity contribution in [3.8, 4) is 0 Å². The average Bonchev–Trinajstić information content (AvgIpc) is 2.69. The Hall–Kier alpha value is -2.22. The van der Waals surface area contributed by atoms with Crippen molar-refractivity contribution in [1.82, 2.24) is 14.9 Å². The highest BCUT2D eigenvalue weighted by Crippen LogP contribution is 2.29. The Morgan fingerprint density at radius 1 is 1.29 bits per heavy atom. The third-order valence-electron chi connectivity index (χ3n) is 5.12. The number of rotatable bonds is 6. The van der Waals surface area contributed by atoms with Gasteiger partial charge in [0.25, 0.3) is 5.56 Å². The maximum Gasteiger partial charge on any atom is 0.331 e. The predicted octanol–water partition coefficient (Wildman–Crippen LogP) is 2.93. The highest BCUT2D eigenvalue weighted by Gasteiger charge is 2.42. The lowest BCUT2D eigenvalue weighted by molar-refractivity contribution is -0.155. The van der Waals surface area contributed by atoms with Crippen LogP contribution in [0.15, 0.2) is 33.8 Å². The maximum absolute atomic E-state index is 12.6. The minimum atomic E-state index is -0.942. The number of hydrogen-bond acceptors (Lipinski definition) is 5. The molecule has 7 nitrogen and oxygen atoms in total. The van der Waals surface area contributed by atoms with E-state index in [-0.39, 0.29) is 37.0 Å². The number of carbonyl (C=O) groups is 2. The molecule has 3 rings (SSSR count). The van der Waals surface area contributed by atoms with Crippen LogP contribution in [0.3, 0.4) is 0 Å². The van der Waals surface area contributed by atoms with E-state index in [1.54, 1.807) is 19.1 Å². The Kier molecular flexibility index (Phi) is 6.49. The first-order valence-corrected chi connectivity index (χ1v) is 10.4. The highest BCUT2D eigenvalue weighted by atomic mass is 79.9. The molecule has 2 aromatic rings. The van der Waals surface area contributed by atoms with Crippen LogP contribution in [0.2, 0.25) is 0 Å². The summed E-state index contributed by atoms with van der Waals surface area (Å²) in [6.45, 7) is 2.23. The second-order valence-electron chi connectivity index (χ2n) is 7.07. The zero-order chi connectivity index (χ0) is 20.1. The smallest absolute Gasteiger partial charge is 0.331 e. The first kappa shape index (κ1) is 20.5. The van der Waals surface area contributed by atoms with Gasteiger partial charge < -0.3 is 10.1 Å². The quantitative estimate of drug-likeness (QED) is 0.684. The summed E-state index contributed by atoms with van der Waals surface area (Å²) in [5, 5.41) is 3.39. The molecule has 0 saturated heterocycles. The van der Waals surface area contributed by atoms with Gasteiger partial charge in [0.15, 0.2) is 0 Å². The number of aromatic nitrogens is 2. The lowest BCUT2D eigenvalue weighted by Crippen LogP contribution is -2.56. The molecule has 1 aliphatic carbocycles. The molecule has 0 spiro atoms. The molecule has 1 aliphatic rings. The lowest BCUT2D eigenvalue weighted by atomic mass is 9.81. The van der Waals surface area contributed by atoms with Gasteiger partial charge in [-0.3, -0.25) is 14.2 Å². The van der Waals surface area contributed by atoms with Crippen LogP contribution in [0.5, 0.6) is 0 Å². The van der Waals surface area contributed by atoms with E-state index in [2.05, 4.69) is 26.2 Å². The van der Waals surface area contributed by atoms with E-state index in [0.717, 1.165) is 23.7 Å². The van der Waals surface area contributed by atoms with Gasteiger partial charge in [0.2, 0.25) is 5.91 Å². The van der Waals surface area contributed by atoms with Gasteiger partial charge in [0, 0.05) is 17.4 Å². The fourth-order valence-corrected chi connectivity index (χ4v) is 4.01. The molecule has 150 valence electrons. The van der Waals surface area contributed by atoms with Crippen molar-refractivity contribution < 1.29 is 14.3 Å². The van der Waals surface area contributed by atoms with Gasteiger partial charge in [-0.1, -0.05) is 35.2 Å². The Balaban J connectivity index is 1.71. The summed E-state index contributed by atoms with van der Waals surface area (Å²) in [4.78, 5) is 41.9. The fraction of sp³-hybridized carbons (Fsp3) is 0.500. The molecule has 0 radical (unpaired) electrons. The monoisotopic (exact) mass is 449 g/mol. The molecule has 1 aromatic carbocycles. The van der Waals surface area contributed by atoms with Crippen molar-refractivity contribution in [3.63, 3.8) is 0 Å². The number of ether oxygens (including phenoxy) is 1. The number of aryl methyl sites for hydroxylation is 1. The van der Waals surface area contributed by atoms with Crippen molar-refractivity contribution >= 4 is 38.7 Å². The summed E-state index contributed by atoms with van der Waals surface area (Å²) in [5.74, 6) is -0.631. The number of hydrogen-bond donors (Lipinski definition) is 1. The summed E-state index contributed by atoms with van der Waals surface area (Å²) in [7, 11) is 0. The summed E-state index contributed by atoms with van der Waals surface area (Å²) in [6.07, 6.45) is 5.51. The zero-order valence-corrected chi connectivity index (χ0v) is 17.5. The molecule has 0 unspecified atom stereocenters. The molecule has 1 heterocycles. The molecule has 1 aromatic heterocycles. The fourth-order valence-electron chi connectivity index (χ4n) is 3.65. The van der Waals surface area contributed by atoms with Gasteiger partial charge in [-0.15, -0.1) is 0 Å². The number of benzene rings is 1. The summed E-state index contributed by atoms with van der Waals surface area (Å²) in [5.41, 5.74) is -0.530. The van der Waals surface area contributed by atoms with E-state index in [9.17, 15) is 14.4 Å². The molecular weight excluding hydrogens is 426 g/mol. The largest absolute Gasteiger partial charge is 0.464 e. The van der Waals surface area contributed by atoms with Gasteiger partial charge in [-0.2, -0.15) is 0 Å². The van der Waals surface area contributed by atoms with Crippen molar-refractivity contribution in [1.29, 1.82) is 0 Å². The number of nitrogens with zero attached hydrogens (tertiary/aromatic N) is 2. The number of amides is 1. The average molecular weight is 450 g/mol. The maximum atomic E-state index is 12.6. The van der Waals surface area contributed by atoms with Crippen molar-refractivity contribution in [2.45, 2.75) is 57.5 Å². The van der Waals surface area contributed by atoms with Crippen molar-refractivity contribution in [2.75, 3.05) is 6.61 Å². The van der Waals surface area contributed by atoms with E-state index >= 15 is 0 Å². The van der Waals surface area contributed by atoms with Crippen LogP contribution in [0.1, 0.15) is 45.4 Å². The zero-order valence-electron chi connectivity index (χ0n) is 15.9. The van der Waals surface area contributed by atoms with E-state index < -0.39 is 5.54 Å². The number of carbonyl (C=O) groups excluding carboxylic acids is 2. The Bertz CT molecular complexity index is 935. The predicted molar refractivity (Wildman–Crippen MR) is 109 cm³/mol. The van der Waals surface area contributed by atoms with Crippen molar-refractivity contribution in [3.05, 3.63) is 39.4 Å². The Morgan fingerprint density at radius 2 is 2.04 bits per heavy atom. The van der Waals surface area contributed by atoms with Crippen LogP contribution >= 0.6 is 15.9 Å². The molecule has 8 heteroatoms. The van der Waals surface area contributed by atoms with Gasteiger partial charge in [-0.25, -0.2) is 9.78 Å². The van der Waals surface area contributed by atoms with E-state index in [1.807, 2.05) is 6.07 Å². The topological polar surface area (TPSA) is 90.3 Å². The molecule has 0 aliphatic heterocycles. The molecule has 1 fully saturated rings. The first-order valence-electron chi connectivity index (χ1n) is 9.58. The molecule has 0 atom stereocenters. The van der Waals surface area contributed by atoms with Gasteiger partial charge in [-0.05, 0) is 38.0 Å². The van der Waals surface area contributed by atoms with Gasteiger partial charge >= 0.3 is 5.97 Å². The van der Waals surface area contributed by atoms with E-state index in [0.29, 0.717) is 23.7 Å². The highest BCUT2D eigenvalue weighted by molar-refractivity contribution is 9.10. The van der Waals surface area contributed by atoms with E-state index in [4.69, 9.17) is 4.74 Å². The number of fused-ring (bicyclic) bond motifs is 1. The van der Waals surface area contributed by atoms with Crippen molar-refractivity contribution in [2.24, 2.45) is 0 Å². The molecule has 1 saturated carbocycles. The number of esters is 1. The van der Waals surface area contributed by atoms with Crippen LogP contribution in [0.4, 0.5) is 0 Å². The minimum Gasteiger partial charge on any atom is -0.464 e.